The number of hydrogen-bond acceptors (Lipinski definition) is 2. The molecule has 1 atom stereocenters. The minimum atomic E-state index is 0.234. The van der Waals surface area contributed by atoms with Crippen LogP contribution >= 0.6 is 0 Å². The van der Waals surface area contributed by atoms with Crippen LogP contribution in [0.4, 0.5) is 0 Å². The summed E-state index contributed by atoms with van der Waals surface area (Å²) in [5.41, 5.74) is 0.839. The molecule has 114 valence electrons. The van der Waals surface area contributed by atoms with Gasteiger partial charge in [-0.3, -0.25) is 4.90 Å². The molecule has 2 nitrogen and oxygen atoms in total. The monoisotopic (exact) mass is 268 g/mol. The molecule has 2 heteroatoms. The Bertz CT molecular complexity index is 250. The Labute approximate surface area is 121 Å². The van der Waals surface area contributed by atoms with E-state index in [-0.39, 0.29) is 5.54 Å². The highest BCUT2D eigenvalue weighted by Gasteiger charge is 2.37. The lowest BCUT2D eigenvalue weighted by molar-refractivity contribution is 0.174. The minimum absolute atomic E-state index is 0.234. The average molecular weight is 268 g/mol. The molecule has 0 saturated carbocycles. The lowest BCUT2D eigenvalue weighted by Gasteiger charge is -2.33. The van der Waals surface area contributed by atoms with Crippen LogP contribution in [-0.4, -0.2) is 36.1 Å². The number of nitrogens with one attached hydrogen (secondary N) is 1. The molecule has 1 rings (SSSR count). The zero-order valence-corrected chi connectivity index (χ0v) is 14.2. The molecule has 1 N–H and O–H groups in total. The van der Waals surface area contributed by atoms with Crippen molar-refractivity contribution in [3.8, 4) is 0 Å². The van der Waals surface area contributed by atoms with Gasteiger partial charge in [-0.25, -0.2) is 0 Å². The molecular formula is C17H36N2. The first-order valence-corrected chi connectivity index (χ1v) is 8.35. The normalized spacial score (nSPS) is 21.8. The summed E-state index contributed by atoms with van der Waals surface area (Å²) in [6.45, 7) is 17.6. The molecule has 0 amide bonds. The molecule has 1 unspecified atom stereocenters. The van der Waals surface area contributed by atoms with Gasteiger partial charge in [-0.1, -0.05) is 27.2 Å². The molecule has 19 heavy (non-hydrogen) atoms. The van der Waals surface area contributed by atoms with Gasteiger partial charge in [-0.05, 0) is 58.4 Å². The second-order valence-corrected chi connectivity index (χ2v) is 7.50. The second kappa shape index (κ2) is 7.08. The van der Waals surface area contributed by atoms with Gasteiger partial charge in [0, 0.05) is 24.7 Å². The Morgan fingerprint density at radius 2 is 1.79 bits per heavy atom. The van der Waals surface area contributed by atoms with Gasteiger partial charge in [0.1, 0.15) is 0 Å². The van der Waals surface area contributed by atoms with E-state index in [4.69, 9.17) is 0 Å². The summed E-state index contributed by atoms with van der Waals surface area (Å²) in [6, 6.07) is 0.726. The van der Waals surface area contributed by atoms with Crippen LogP contribution in [-0.2, 0) is 0 Å². The van der Waals surface area contributed by atoms with Crippen molar-refractivity contribution in [2.45, 2.75) is 85.2 Å². The van der Waals surface area contributed by atoms with Crippen LogP contribution in [0.1, 0.15) is 73.6 Å². The summed E-state index contributed by atoms with van der Waals surface area (Å²) in [5, 5.41) is 3.71. The molecule has 1 aliphatic heterocycles. The summed E-state index contributed by atoms with van der Waals surface area (Å²) in [6.07, 6.45) is 6.69. The zero-order valence-electron chi connectivity index (χ0n) is 14.2. The van der Waals surface area contributed by atoms with Crippen molar-refractivity contribution in [2.24, 2.45) is 5.41 Å². The van der Waals surface area contributed by atoms with E-state index in [1.165, 1.54) is 45.2 Å². The van der Waals surface area contributed by atoms with Crippen molar-refractivity contribution in [3.63, 3.8) is 0 Å². The molecule has 1 saturated heterocycles. The van der Waals surface area contributed by atoms with Gasteiger partial charge in [0.15, 0.2) is 0 Å². The summed E-state index contributed by atoms with van der Waals surface area (Å²) in [4.78, 5) is 2.76. The third-order valence-electron chi connectivity index (χ3n) is 4.97. The SMILES string of the molecule is CCCC(CNC(C)(C)C)N1CCC(CC)(CC)C1. The first-order valence-electron chi connectivity index (χ1n) is 8.35. The Hall–Kier alpha value is -0.0800. The van der Waals surface area contributed by atoms with Crippen molar-refractivity contribution >= 4 is 0 Å². The average Bonchev–Trinajstić information content (AvgIpc) is 2.78. The van der Waals surface area contributed by atoms with Crippen LogP contribution in [0, 0.1) is 5.41 Å². The van der Waals surface area contributed by atoms with Gasteiger partial charge >= 0.3 is 0 Å². The summed E-state index contributed by atoms with van der Waals surface area (Å²) < 4.78 is 0. The van der Waals surface area contributed by atoms with Gasteiger partial charge in [0.05, 0.1) is 0 Å². The Kier molecular flexibility index (Phi) is 6.32. The summed E-state index contributed by atoms with van der Waals surface area (Å²) >= 11 is 0. The van der Waals surface area contributed by atoms with E-state index >= 15 is 0 Å². The molecule has 0 spiro atoms. The predicted octanol–water partition coefficient (Wildman–Crippen LogP) is 4.06. The van der Waals surface area contributed by atoms with Crippen LogP contribution < -0.4 is 5.32 Å². The van der Waals surface area contributed by atoms with E-state index < -0.39 is 0 Å². The first-order chi connectivity index (χ1) is 8.86. The fourth-order valence-corrected chi connectivity index (χ4v) is 3.28. The van der Waals surface area contributed by atoms with Crippen molar-refractivity contribution in [1.29, 1.82) is 0 Å². The van der Waals surface area contributed by atoms with Gasteiger partial charge in [-0.2, -0.15) is 0 Å². The van der Waals surface area contributed by atoms with Crippen LogP contribution in [0.25, 0.3) is 0 Å². The van der Waals surface area contributed by atoms with Crippen LogP contribution in [0.2, 0.25) is 0 Å². The quantitative estimate of drug-likeness (QED) is 0.749. The molecule has 0 aromatic carbocycles. The van der Waals surface area contributed by atoms with Crippen LogP contribution in [0.5, 0.6) is 0 Å². The Morgan fingerprint density at radius 3 is 2.21 bits per heavy atom. The molecule has 1 heterocycles. The zero-order chi connectivity index (χ0) is 14.5. The van der Waals surface area contributed by atoms with E-state index in [9.17, 15) is 0 Å². The third kappa shape index (κ3) is 5.07. The minimum Gasteiger partial charge on any atom is -0.311 e. The topological polar surface area (TPSA) is 15.3 Å². The number of hydrogen-bond donors (Lipinski definition) is 1. The molecule has 0 aromatic heterocycles. The standard InChI is InChI=1S/C17H36N2/c1-7-10-15(13-18-16(4,5)6)19-12-11-17(8-2,9-3)14-19/h15,18H,7-14H2,1-6H3. The van der Waals surface area contributed by atoms with Gasteiger partial charge < -0.3 is 5.32 Å². The number of rotatable bonds is 7. The van der Waals surface area contributed by atoms with Crippen molar-refractivity contribution < 1.29 is 0 Å². The molecular weight excluding hydrogens is 232 g/mol. The van der Waals surface area contributed by atoms with Gasteiger partial charge in [-0.15, -0.1) is 0 Å². The van der Waals surface area contributed by atoms with Crippen LogP contribution in [0.15, 0.2) is 0 Å². The first kappa shape index (κ1) is 17.0. The Balaban J connectivity index is 2.58. The van der Waals surface area contributed by atoms with E-state index in [1.54, 1.807) is 0 Å². The maximum absolute atomic E-state index is 3.71. The van der Waals surface area contributed by atoms with E-state index in [1.807, 2.05) is 0 Å². The van der Waals surface area contributed by atoms with Gasteiger partial charge in [0.2, 0.25) is 0 Å². The van der Waals surface area contributed by atoms with Gasteiger partial charge in [0.25, 0.3) is 0 Å². The summed E-state index contributed by atoms with van der Waals surface area (Å²) in [7, 11) is 0. The second-order valence-electron chi connectivity index (χ2n) is 7.50. The molecule has 1 fully saturated rings. The van der Waals surface area contributed by atoms with Crippen molar-refractivity contribution in [3.05, 3.63) is 0 Å². The molecule has 0 aromatic rings. The highest BCUT2D eigenvalue weighted by molar-refractivity contribution is 4.92. The van der Waals surface area contributed by atoms with E-state index in [0.717, 1.165) is 12.6 Å². The maximum atomic E-state index is 3.71. The van der Waals surface area contributed by atoms with Crippen molar-refractivity contribution in [1.82, 2.24) is 10.2 Å². The molecule has 0 bridgehead atoms. The van der Waals surface area contributed by atoms with Crippen LogP contribution in [0.3, 0.4) is 0 Å². The lowest BCUT2D eigenvalue weighted by Crippen LogP contribution is -2.47. The molecule has 1 aliphatic rings. The van der Waals surface area contributed by atoms with Crippen molar-refractivity contribution in [2.75, 3.05) is 19.6 Å². The maximum Gasteiger partial charge on any atom is 0.0220 e. The van der Waals surface area contributed by atoms with E-state index in [2.05, 4.69) is 51.8 Å². The lowest BCUT2D eigenvalue weighted by atomic mass is 9.82. The number of likely N-dealkylation sites (tertiary alicyclic amines) is 1. The summed E-state index contributed by atoms with van der Waals surface area (Å²) in [5.74, 6) is 0. The Morgan fingerprint density at radius 1 is 1.16 bits per heavy atom. The number of nitrogens with zero attached hydrogens (tertiary/aromatic N) is 1. The fourth-order valence-electron chi connectivity index (χ4n) is 3.28. The largest absolute Gasteiger partial charge is 0.311 e. The highest BCUT2D eigenvalue weighted by Crippen LogP contribution is 2.38. The molecule has 0 radical (unpaired) electrons. The highest BCUT2D eigenvalue weighted by atomic mass is 15.2. The predicted molar refractivity (Wildman–Crippen MR) is 85.7 cm³/mol. The third-order valence-corrected chi connectivity index (χ3v) is 4.97. The smallest absolute Gasteiger partial charge is 0.0220 e. The fraction of sp³-hybridized carbons (Fsp3) is 1.00. The molecule has 0 aliphatic carbocycles. The van der Waals surface area contributed by atoms with E-state index in [0.29, 0.717) is 5.41 Å².